The van der Waals surface area contributed by atoms with Gasteiger partial charge >= 0.3 is 5.97 Å². The van der Waals surface area contributed by atoms with Crippen LogP contribution in [-0.2, 0) is 4.74 Å². The quantitative estimate of drug-likeness (QED) is 0.536. The summed E-state index contributed by atoms with van der Waals surface area (Å²) in [7, 11) is 0. The SMILES string of the molecule is O=C(OCCOc1ccc(Cl)cc1Cl)c1cc2ccccc2[nH]1. The van der Waals surface area contributed by atoms with E-state index in [0.717, 1.165) is 10.9 Å². The molecule has 1 aromatic heterocycles. The molecule has 0 fully saturated rings. The van der Waals surface area contributed by atoms with Gasteiger partial charge in [0.2, 0.25) is 0 Å². The van der Waals surface area contributed by atoms with Gasteiger partial charge < -0.3 is 14.5 Å². The average molecular weight is 350 g/mol. The van der Waals surface area contributed by atoms with Crippen LogP contribution in [-0.4, -0.2) is 24.2 Å². The van der Waals surface area contributed by atoms with E-state index >= 15 is 0 Å². The molecular weight excluding hydrogens is 337 g/mol. The average Bonchev–Trinajstić information content (AvgIpc) is 2.97. The maximum atomic E-state index is 12.0. The second-order valence-corrected chi connectivity index (χ2v) is 5.67. The summed E-state index contributed by atoms with van der Waals surface area (Å²) in [6, 6.07) is 14.3. The van der Waals surface area contributed by atoms with Gasteiger partial charge in [-0.05, 0) is 30.3 Å². The molecule has 4 nitrogen and oxygen atoms in total. The van der Waals surface area contributed by atoms with Crippen LogP contribution in [0.3, 0.4) is 0 Å². The molecule has 2 aromatic carbocycles. The van der Waals surface area contributed by atoms with Crippen molar-refractivity contribution in [1.82, 2.24) is 4.98 Å². The highest BCUT2D eigenvalue weighted by Gasteiger charge is 2.11. The smallest absolute Gasteiger partial charge is 0.354 e. The predicted molar refractivity (Wildman–Crippen MR) is 90.5 cm³/mol. The number of nitrogens with one attached hydrogen (secondary N) is 1. The minimum atomic E-state index is -0.424. The number of fused-ring (bicyclic) bond motifs is 1. The Bertz CT molecular complexity index is 812. The van der Waals surface area contributed by atoms with E-state index in [1.807, 2.05) is 24.3 Å². The van der Waals surface area contributed by atoms with Gasteiger partial charge in [-0.15, -0.1) is 0 Å². The van der Waals surface area contributed by atoms with Gasteiger partial charge in [0.1, 0.15) is 24.7 Å². The zero-order valence-corrected chi connectivity index (χ0v) is 13.5. The molecule has 0 bridgehead atoms. The number of para-hydroxylation sites is 1. The van der Waals surface area contributed by atoms with Crippen LogP contribution in [0.15, 0.2) is 48.5 Å². The number of rotatable bonds is 5. The number of hydrogen-bond acceptors (Lipinski definition) is 3. The molecule has 6 heteroatoms. The van der Waals surface area contributed by atoms with Crippen molar-refractivity contribution in [3.05, 3.63) is 64.3 Å². The molecule has 3 aromatic rings. The summed E-state index contributed by atoms with van der Waals surface area (Å²) in [5.41, 5.74) is 1.30. The first-order chi connectivity index (χ1) is 11.1. The van der Waals surface area contributed by atoms with Crippen molar-refractivity contribution in [3.63, 3.8) is 0 Å². The van der Waals surface area contributed by atoms with Gasteiger partial charge in [-0.1, -0.05) is 41.4 Å². The van der Waals surface area contributed by atoms with E-state index in [-0.39, 0.29) is 13.2 Å². The third kappa shape index (κ3) is 3.78. The summed E-state index contributed by atoms with van der Waals surface area (Å²) in [6.07, 6.45) is 0. The summed E-state index contributed by atoms with van der Waals surface area (Å²) in [5, 5.41) is 1.91. The number of aromatic amines is 1. The third-order valence-electron chi connectivity index (χ3n) is 3.22. The maximum Gasteiger partial charge on any atom is 0.354 e. The van der Waals surface area contributed by atoms with Gasteiger partial charge in [0.15, 0.2) is 0 Å². The molecule has 0 saturated carbocycles. The number of H-pyrrole nitrogens is 1. The van der Waals surface area contributed by atoms with Gasteiger partial charge in [0.25, 0.3) is 0 Å². The Kier molecular flexibility index (Phi) is 4.74. The lowest BCUT2D eigenvalue weighted by molar-refractivity contribution is 0.0445. The molecule has 1 heterocycles. The normalized spacial score (nSPS) is 10.7. The molecule has 3 rings (SSSR count). The van der Waals surface area contributed by atoms with Crippen molar-refractivity contribution in [1.29, 1.82) is 0 Å². The van der Waals surface area contributed by atoms with Crippen LogP contribution < -0.4 is 4.74 Å². The highest BCUT2D eigenvalue weighted by Crippen LogP contribution is 2.27. The highest BCUT2D eigenvalue weighted by atomic mass is 35.5. The number of esters is 1. The summed E-state index contributed by atoms with van der Waals surface area (Å²) in [5.74, 6) is 0.0738. The zero-order chi connectivity index (χ0) is 16.2. The summed E-state index contributed by atoms with van der Waals surface area (Å²) in [6.45, 7) is 0.320. The van der Waals surface area contributed by atoms with Crippen molar-refractivity contribution in [2.45, 2.75) is 0 Å². The fourth-order valence-corrected chi connectivity index (χ4v) is 2.60. The number of aromatic nitrogens is 1. The molecule has 118 valence electrons. The van der Waals surface area contributed by atoms with Crippen molar-refractivity contribution < 1.29 is 14.3 Å². The molecule has 23 heavy (non-hydrogen) atoms. The number of halogens is 2. The Morgan fingerprint density at radius 3 is 2.65 bits per heavy atom. The molecule has 0 spiro atoms. The fourth-order valence-electron chi connectivity index (χ4n) is 2.14. The number of ether oxygens (including phenoxy) is 2. The van der Waals surface area contributed by atoms with E-state index in [1.165, 1.54) is 0 Å². The second-order valence-electron chi connectivity index (χ2n) is 4.83. The Labute approximate surface area is 142 Å². The van der Waals surface area contributed by atoms with E-state index < -0.39 is 5.97 Å². The largest absolute Gasteiger partial charge is 0.488 e. The monoisotopic (exact) mass is 349 g/mol. The molecule has 0 saturated heterocycles. The minimum Gasteiger partial charge on any atom is -0.488 e. The van der Waals surface area contributed by atoms with Crippen LogP contribution in [0, 0.1) is 0 Å². The number of carbonyl (C=O) groups is 1. The first kappa shape index (κ1) is 15.7. The summed E-state index contributed by atoms with van der Waals surface area (Å²) < 4.78 is 10.6. The van der Waals surface area contributed by atoms with E-state index in [2.05, 4.69) is 4.98 Å². The molecule has 1 N–H and O–H groups in total. The first-order valence-electron chi connectivity index (χ1n) is 6.96. The molecule has 0 atom stereocenters. The zero-order valence-electron chi connectivity index (χ0n) is 12.0. The van der Waals surface area contributed by atoms with Crippen molar-refractivity contribution >= 4 is 40.1 Å². The lowest BCUT2D eigenvalue weighted by atomic mass is 10.2. The maximum absolute atomic E-state index is 12.0. The second kappa shape index (κ2) is 6.94. The predicted octanol–water partition coefficient (Wildman–Crippen LogP) is 4.71. The Balaban J connectivity index is 1.53. The topological polar surface area (TPSA) is 51.3 Å². The summed E-state index contributed by atoms with van der Waals surface area (Å²) in [4.78, 5) is 15.0. The van der Waals surface area contributed by atoms with Crippen molar-refractivity contribution in [2.24, 2.45) is 0 Å². The first-order valence-corrected chi connectivity index (χ1v) is 7.72. The van der Waals surface area contributed by atoms with E-state index in [1.54, 1.807) is 24.3 Å². The van der Waals surface area contributed by atoms with Gasteiger partial charge in [0, 0.05) is 15.9 Å². The van der Waals surface area contributed by atoms with Crippen LogP contribution in [0.5, 0.6) is 5.75 Å². The molecule has 0 aliphatic rings. The van der Waals surface area contributed by atoms with Crippen LogP contribution in [0.1, 0.15) is 10.5 Å². The van der Waals surface area contributed by atoms with Crippen LogP contribution >= 0.6 is 23.2 Å². The number of hydrogen-bond donors (Lipinski definition) is 1. The van der Waals surface area contributed by atoms with Crippen LogP contribution in [0.25, 0.3) is 10.9 Å². The Morgan fingerprint density at radius 1 is 1.04 bits per heavy atom. The molecule has 0 aliphatic carbocycles. The molecule has 0 radical (unpaired) electrons. The van der Waals surface area contributed by atoms with E-state index in [9.17, 15) is 4.79 Å². The van der Waals surface area contributed by atoms with Crippen molar-refractivity contribution in [3.8, 4) is 5.75 Å². The number of carbonyl (C=O) groups excluding carboxylic acids is 1. The number of benzene rings is 2. The molecule has 0 amide bonds. The van der Waals surface area contributed by atoms with Gasteiger partial charge in [-0.25, -0.2) is 4.79 Å². The lowest BCUT2D eigenvalue weighted by Gasteiger charge is -2.08. The third-order valence-corrected chi connectivity index (χ3v) is 3.75. The fraction of sp³-hybridized carbons (Fsp3) is 0.118. The van der Waals surface area contributed by atoms with Gasteiger partial charge in [-0.3, -0.25) is 0 Å². The summed E-state index contributed by atoms with van der Waals surface area (Å²) >= 11 is 11.8. The van der Waals surface area contributed by atoms with Gasteiger partial charge in [0.05, 0.1) is 5.02 Å². The van der Waals surface area contributed by atoms with Crippen LogP contribution in [0.2, 0.25) is 10.0 Å². The minimum absolute atomic E-state index is 0.118. The molecule has 0 unspecified atom stereocenters. The van der Waals surface area contributed by atoms with Crippen molar-refractivity contribution in [2.75, 3.05) is 13.2 Å². The van der Waals surface area contributed by atoms with Crippen LogP contribution in [0.4, 0.5) is 0 Å². The highest BCUT2D eigenvalue weighted by molar-refractivity contribution is 6.35. The molecule has 0 aliphatic heterocycles. The standard InChI is InChI=1S/C17H13Cl2NO3/c18-12-5-6-16(13(19)10-12)22-7-8-23-17(21)15-9-11-3-1-2-4-14(11)20-15/h1-6,9-10,20H,7-8H2. The Morgan fingerprint density at radius 2 is 1.87 bits per heavy atom. The lowest BCUT2D eigenvalue weighted by Crippen LogP contribution is -2.12. The van der Waals surface area contributed by atoms with E-state index in [0.29, 0.717) is 21.5 Å². The Hall–Kier alpha value is -2.17. The van der Waals surface area contributed by atoms with Gasteiger partial charge in [-0.2, -0.15) is 0 Å². The van der Waals surface area contributed by atoms with E-state index in [4.69, 9.17) is 32.7 Å². The molecular formula is C17H13Cl2NO3.